The van der Waals surface area contributed by atoms with Crippen LogP contribution in [-0.4, -0.2) is 16.3 Å². The molecule has 0 aliphatic heterocycles. The highest BCUT2D eigenvalue weighted by Crippen LogP contribution is 2.15. The summed E-state index contributed by atoms with van der Waals surface area (Å²) in [5.41, 5.74) is 4.44. The second-order valence-corrected chi connectivity index (χ2v) is 4.08. The van der Waals surface area contributed by atoms with Gasteiger partial charge in [0.1, 0.15) is 5.75 Å². The zero-order valence-corrected chi connectivity index (χ0v) is 9.53. The van der Waals surface area contributed by atoms with Crippen LogP contribution >= 0.6 is 11.3 Å². The van der Waals surface area contributed by atoms with E-state index in [1.807, 2.05) is 18.4 Å². The highest BCUT2D eigenvalue weighted by Gasteiger charge is 1.96. The summed E-state index contributed by atoms with van der Waals surface area (Å²) < 4.78 is 0. The van der Waals surface area contributed by atoms with Crippen LogP contribution in [0, 0.1) is 6.92 Å². The second-order valence-electron chi connectivity index (χ2n) is 3.22. The van der Waals surface area contributed by atoms with Crippen LogP contribution in [0.4, 0.5) is 5.13 Å². The summed E-state index contributed by atoms with van der Waals surface area (Å²) in [6.45, 7) is 1.93. The number of hydrogen-bond acceptors (Lipinski definition) is 5. The van der Waals surface area contributed by atoms with E-state index in [2.05, 4.69) is 15.5 Å². The first-order valence-corrected chi connectivity index (χ1v) is 5.63. The minimum absolute atomic E-state index is 0.211. The summed E-state index contributed by atoms with van der Waals surface area (Å²) in [5, 5.41) is 16.2. The van der Waals surface area contributed by atoms with Crippen LogP contribution in [0.2, 0.25) is 0 Å². The highest BCUT2D eigenvalue weighted by atomic mass is 32.1. The molecule has 0 saturated carbocycles. The average molecular weight is 233 g/mol. The Morgan fingerprint density at radius 2 is 2.25 bits per heavy atom. The number of benzene rings is 1. The molecule has 16 heavy (non-hydrogen) atoms. The molecule has 0 aliphatic rings. The quantitative estimate of drug-likeness (QED) is 0.633. The van der Waals surface area contributed by atoms with E-state index < -0.39 is 0 Å². The Morgan fingerprint density at radius 1 is 1.44 bits per heavy atom. The Labute approximate surface area is 97.3 Å². The molecule has 1 heterocycles. The van der Waals surface area contributed by atoms with Gasteiger partial charge in [0.05, 0.1) is 11.9 Å². The first-order chi connectivity index (χ1) is 7.75. The van der Waals surface area contributed by atoms with Crippen molar-refractivity contribution in [3.05, 3.63) is 40.9 Å². The number of anilines is 1. The monoisotopic (exact) mass is 233 g/mol. The molecule has 0 aliphatic carbocycles. The first-order valence-electron chi connectivity index (χ1n) is 4.75. The van der Waals surface area contributed by atoms with Gasteiger partial charge in [-0.2, -0.15) is 5.10 Å². The number of aromatic nitrogens is 1. The molecule has 0 radical (unpaired) electrons. The van der Waals surface area contributed by atoms with Crippen LogP contribution in [-0.2, 0) is 0 Å². The number of nitrogens with one attached hydrogen (secondary N) is 1. The third-order valence-corrected chi connectivity index (χ3v) is 2.78. The fraction of sp³-hybridized carbons (Fsp3) is 0.0909. The number of phenols is 1. The number of hydrogen-bond donors (Lipinski definition) is 2. The number of para-hydroxylation sites is 1. The molecule has 0 unspecified atom stereocenters. The standard InChI is InChI=1S/C11H11N3OS/c1-8-7-16-11(13-8)14-12-6-9-4-2-3-5-10(9)15/h2-7,15H,1H3,(H,13,14). The van der Waals surface area contributed by atoms with Crippen LogP contribution < -0.4 is 5.43 Å². The minimum Gasteiger partial charge on any atom is -0.507 e. The van der Waals surface area contributed by atoms with Crippen molar-refractivity contribution in [2.45, 2.75) is 6.92 Å². The third kappa shape index (κ3) is 2.58. The summed E-state index contributed by atoms with van der Waals surface area (Å²) >= 11 is 1.49. The number of hydrazone groups is 1. The summed E-state index contributed by atoms with van der Waals surface area (Å²) in [6.07, 6.45) is 1.56. The molecule has 2 N–H and O–H groups in total. The van der Waals surface area contributed by atoms with E-state index >= 15 is 0 Å². The first kappa shape index (κ1) is 10.6. The lowest BCUT2D eigenvalue weighted by Gasteiger charge is -1.96. The largest absolute Gasteiger partial charge is 0.507 e. The van der Waals surface area contributed by atoms with E-state index in [1.165, 1.54) is 11.3 Å². The number of thiazole rings is 1. The van der Waals surface area contributed by atoms with Crippen molar-refractivity contribution in [2.75, 3.05) is 5.43 Å². The number of rotatable bonds is 3. The summed E-state index contributed by atoms with van der Waals surface area (Å²) in [4.78, 5) is 4.20. The maximum atomic E-state index is 9.48. The molecular weight excluding hydrogens is 222 g/mol. The molecule has 0 atom stereocenters. The Bertz CT molecular complexity index is 507. The van der Waals surface area contributed by atoms with Crippen molar-refractivity contribution in [1.29, 1.82) is 0 Å². The summed E-state index contributed by atoms with van der Waals surface area (Å²) in [6, 6.07) is 7.02. The van der Waals surface area contributed by atoms with Crippen LogP contribution in [0.1, 0.15) is 11.3 Å². The second kappa shape index (κ2) is 4.76. The van der Waals surface area contributed by atoms with Gasteiger partial charge in [0.25, 0.3) is 0 Å². The van der Waals surface area contributed by atoms with Gasteiger partial charge in [-0.1, -0.05) is 12.1 Å². The van der Waals surface area contributed by atoms with Gasteiger partial charge in [0.15, 0.2) is 0 Å². The molecule has 0 fully saturated rings. The minimum atomic E-state index is 0.211. The van der Waals surface area contributed by atoms with Crippen LogP contribution in [0.15, 0.2) is 34.7 Å². The van der Waals surface area contributed by atoms with Gasteiger partial charge in [0, 0.05) is 10.9 Å². The molecule has 82 valence electrons. The van der Waals surface area contributed by atoms with Crippen molar-refractivity contribution in [3.8, 4) is 5.75 Å². The fourth-order valence-corrected chi connectivity index (χ4v) is 1.80. The number of phenolic OH excluding ortho intramolecular Hbond substituents is 1. The molecule has 0 bridgehead atoms. The maximum absolute atomic E-state index is 9.48. The summed E-state index contributed by atoms with van der Waals surface area (Å²) in [7, 11) is 0. The van der Waals surface area contributed by atoms with E-state index in [4.69, 9.17) is 0 Å². The SMILES string of the molecule is Cc1csc(NN=Cc2ccccc2O)n1. The van der Waals surface area contributed by atoms with Crippen molar-refractivity contribution in [3.63, 3.8) is 0 Å². The lowest BCUT2D eigenvalue weighted by Crippen LogP contribution is -1.90. The smallest absolute Gasteiger partial charge is 0.203 e. The van der Waals surface area contributed by atoms with E-state index in [0.717, 1.165) is 10.8 Å². The normalized spacial score (nSPS) is 10.8. The van der Waals surface area contributed by atoms with Gasteiger partial charge in [-0.05, 0) is 19.1 Å². The van der Waals surface area contributed by atoms with Crippen molar-refractivity contribution in [1.82, 2.24) is 4.98 Å². The number of aryl methyl sites for hydroxylation is 1. The van der Waals surface area contributed by atoms with Crippen LogP contribution in [0.3, 0.4) is 0 Å². The van der Waals surface area contributed by atoms with E-state index in [-0.39, 0.29) is 5.75 Å². The molecule has 5 heteroatoms. The number of aromatic hydroxyl groups is 1. The molecule has 2 aromatic rings. The molecule has 0 amide bonds. The average Bonchev–Trinajstić information content (AvgIpc) is 2.67. The predicted octanol–water partition coefficient (Wildman–Crippen LogP) is 2.60. The highest BCUT2D eigenvalue weighted by molar-refractivity contribution is 7.13. The zero-order chi connectivity index (χ0) is 11.4. The number of nitrogens with zero attached hydrogens (tertiary/aromatic N) is 2. The Balaban J connectivity index is 2.03. The Hall–Kier alpha value is -1.88. The predicted molar refractivity (Wildman–Crippen MR) is 66.2 cm³/mol. The van der Waals surface area contributed by atoms with Gasteiger partial charge in [-0.15, -0.1) is 11.3 Å². The molecular formula is C11H11N3OS. The van der Waals surface area contributed by atoms with E-state index in [9.17, 15) is 5.11 Å². The van der Waals surface area contributed by atoms with Crippen LogP contribution in [0.5, 0.6) is 5.75 Å². The molecule has 2 rings (SSSR count). The maximum Gasteiger partial charge on any atom is 0.203 e. The lowest BCUT2D eigenvalue weighted by atomic mass is 10.2. The van der Waals surface area contributed by atoms with Crippen molar-refractivity contribution < 1.29 is 5.11 Å². The van der Waals surface area contributed by atoms with E-state index in [0.29, 0.717) is 5.56 Å². The van der Waals surface area contributed by atoms with Gasteiger partial charge in [-0.25, -0.2) is 4.98 Å². The fourth-order valence-electron chi connectivity index (χ4n) is 1.16. The third-order valence-electron chi connectivity index (χ3n) is 1.92. The Kier molecular flexibility index (Phi) is 3.16. The van der Waals surface area contributed by atoms with Crippen LogP contribution in [0.25, 0.3) is 0 Å². The topological polar surface area (TPSA) is 57.5 Å². The van der Waals surface area contributed by atoms with Crippen molar-refractivity contribution in [2.24, 2.45) is 5.10 Å². The van der Waals surface area contributed by atoms with Gasteiger partial charge in [0.2, 0.25) is 5.13 Å². The van der Waals surface area contributed by atoms with Gasteiger partial charge in [-0.3, -0.25) is 5.43 Å². The molecule has 4 nitrogen and oxygen atoms in total. The lowest BCUT2D eigenvalue weighted by molar-refractivity contribution is 0.474. The van der Waals surface area contributed by atoms with E-state index in [1.54, 1.807) is 24.4 Å². The molecule has 1 aromatic carbocycles. The summed E-state index contributed by atoms with van der Waals surface area (Å²) in [5.74, 6) is 0.211. The van der Waals surface area contributed by atoms with Gasteiger partial charge < -0.3 is 5.11 Å². The van der Waals surface area contributed by atoms with Gasteiger partial charge >= 0.3 is 0 Å². The zero-order valence-electron chi connectivity index (χ0n) is 8.71. The molecule has 0 spiro atoms. The Morgan fingerprint density at radius 3 is 2.94 bits per heavy atom. The molecule has 1 aromatic heterocycles. The molecule has 0 saturated heterocycles. The van der Waals surface area contributed by atoms with Crippen molar-refractivity contribution >= 4 is 22.7 Å².